The van der Waals surface area contributed by atoms with Gasteiger partial charge in [-0.05, 0) is 43.4 Å². The predicted molar refractivity (Wildman–Crippen MR) is 65.1 cm³/mol. The van der Waals surface area contributed by atoms with Crippen molar-refractivity contribution < 1.29 is 8.78 Å². The number of hydrogen-bond acceptors (Lipinski definition) is 1. The Hall–Kier alpha value is -0.960. The molecule has 0 aromatic heterocycles. The Morgan fingerprint density at radius 3 is 2.65 bits per heavy atom. The van der Waals surface area contributed by atoms with Crippen LogP contribution < -0.4 is 5.73 Å². The van der Waals surface area contributed by atoms with Gasteiger partial charge in [0.2, 0.25) is 0 Å². The summed E-state index contributed by atoms with van der Waals surface area (Å²) in [4.78, 5) is 0. The highest BCUT2D eigenvalue weighted by atomic mass is 19.3. The molecule has 0 heterocycles. The van der Waals surface area contributed by atoms with E-state index >= 15 is 0 Å². The Kier molecular flexibility index (Phi) is 3.48. The molecular weight excluding hydrogens is 220 g/mol. The van der Waals surface area contributed by atoms with E-state index in [0.717, 1.165) is 12.0 Å². The summed E-state index contributed by atoms with van der Waals surface area (Å²) in [5, 5.41) is 0. The monoisotopic (exact) mass is 239 g/mol. The molecule has 0 spiro atoms. The zero-order valence-electron chi connectivity index (χ0n) is 10.1. The van der Waals surface area contributed by atoms with Crippen molar-refractivity contribution in [2.24, 2.45) is 11.7 Å². The molecule has 94 valence electrons. The third-order valence-corrected chi connectivity index (χ3v) is 3.61. The quantitative estimate of drug-likeness (QED) is 0.834. The molecule has 1 fully saturated rings. The van der Waals surface area contributed by atoms with Gasteiger partial charge in [0.25, 0.3) is 5.92 Å². The van der Waals surface area contributed by atoms with Gasteiger partial charge >= 0.3 is 0 Å². The molecule has 0 saturated heterocycles. The Morgan fingerprint density at radius 2 is 2.12 bits per heavy atom. The summed E-state index contributed by atoms with van der Waals surface area (Å²) in [6.45, 7) is 2.54. The van der Waals surface area contributed by atoms with E-state index in [1.54, 1.807) is 12.1 Å². The van der Waals surface area contributed by atoms with Crippen LogP contribution in [0.4, 0.5) is 8.78 Å². The van der Waals surface area contributed by atoms with Crippen molar-refractivity contribution in [2.75, 3.05) is 6.54 Å². The summed E-state index contributed by atoms with van der Waals surface area (Å²) in [5.41, 5.74) is 6.75. The van der Waals surface area contributed by atoms with E-state index in [-0.39, 0.29) is 11.5 Å². The van der Waals surface area contributed by atoms with E-state index in [4.69, 9.17) is 5.73 Å². The van der Waals surface area contributed by atoms with Crippen molar-refractivity contribution in [1.82, 2.24) is 0 Å². The molecule has 1 aromatic carbocycles. The molecule has 0 radical (unpaired) electrons. The van der Waals surface area contributed by atoms with Crippen molar-refractivity contribution in [2.45, 2.75) is 38.0 Å². The minimum atomic E-state index is -2.66. The average Bonchev–Trinajstić information content (AvgIpc) is 3.15. The van der Waals surface area contributed by atoms with Crippen LogP contribution in [0, 0.1) is 5.92 Å². The normalized spacial score (nSPS) is 18.1. The third-order valence-electron chi connectivity index (χ3n) is 3.61. The molecule has 1 atom stereocenters. The Morgan fingerprint density at radius 1 is 1.41 bits per heavy atom. The molecular formula is C14H19F2N. The summed E-state index contributed by atoms with van der Waals surface area (Å²) in [5.74, 6) is -2.93. The fourth-order valence-electron chi connectivity index (χ4n) is 2.22. The zero-order chi connectivity index (χ0) is 12.5. The Labute approximate surface area is 101 Å². The summed E-state index contributed by atoms with van der Waals surface area (Å²) in [6.07, 6.45) is 2.17. The fourth-order valence-corrected chi connectivity index (χ4v) is 2.22. The van der Waals surface area contributed by atoms with Crippen LogP contribution >= 0.6 is 0 Å². The van der Waals surface area contributed by atoms with Crippen LogP contribution in [0.2, 0.25) is 0 Å². The number of nitrogens with two attached hydrogens (primary N) is 1. The van der Waals surface area contributed by atoms with E-state index in [1.807, 2.05) is 13.0 Å². The fraction of sp³-hybridized carbons (Fsp3) is 0.571. The number of halogens is 2. The van der Waals surface area contributed by atoms with Gasteiger partial charge in [-0.1, -0.05) is 25.1 Å². The minimum Gasteiger partial charge on any atom is -0.330 e. The Balaban J connectivity index is 2.27. The van der Waals surface area contributed by atoms with E-state index < -0.39 is 11.8 Å². The topological polar surface area (TPSA) is 26.0 Å². The van der Waals surface area contributed by atoms with Crippen LogP contribution in [0.1, 0.15) is 43.2 Å². The molecule has 0 amide bonds. The highest BCUT2D eigenvalue weighted by molar-refractivity contribution is 5.30. The van der Waals surface area contributed by atoms with E-state index in [1.165, 1.54) is 6.07 Å². The van der Waals surface area contributed by atoms with Crippen molar-refractivity contribution in [3.63, 3.8) is 0 Å². The average molecular weight is 239 g/mol. The lowest BCUT2D eigenvalue weighted by atomic mass is 9.93. The third kappa shape index (κ3) is 2.49. The van der Waals surface area contributed by atoms with Gasteiger partial charge in [-0.2, -0.15) is 0 Å². The number of hydrogen-bond donors (Lipinski definition) is 1. The van der Waals surface area contributed by atoms with Gasteiger partial charge < -0.3 is 5.73 Å². The van der Waals surface area contributed by atoms with Crippen molar-refractivity contribution >= 4 is 0 Å². The van der Waals surface area contributed by atoms with Gasteiger partial charge in [0.15, 0.2) is 0 Å². The van der Waals surface area contributed by atoms with Crippen molar-refractivity contribution in [1.29, 1.82) is 0 Å². The van der Waals surface area contributed by atoms with Crippen LogP contribution in [-0.4, -0.2) is 6.54 Å². The van der Waals surface area contributed by atoms with Crippen molar-refractivity contribution in [3.05, 3.63) is 35.4 Å². The second-order valence-electron chi connectivity index (χ2n) is 4.86. The molecule has 2 N–H and O–H groups in total. The van der Waals surface area contributed by atoms with Gasteiger partial charge in [-0.15, -0.1) is 0 Å². The molecule has 0 bridgehead atoms. The van der Waals surface area contributed by atoms with Gasteiger partial charge in [0, 0.05) is 11.5 Å². The first-order valence-corrected chi connectivity index (χ1v) is 6.28. The first-order chi connectivity index (χ1) is 8.09. The minimum absolute atomic E-state index is 0.157. The van der Waals surface area contributed by atoms with Crippen LogP contribution in [0.3, 0.4) is 0 Å². The molecule has 2 rings (SSSR count). The second-order valence-corrected chi connectivity index (χ2v) is 4.86. The summed E-state index contributed by atoms with van der Waals surface area (Å²) in [6, 6.07) is 6.79. The maximum Gasteiger partial charge on any atom is 0.276 e. The molecule has 3 heteroatoms. The second kappa shape index (κ2) is 4.73. The molecule has 1 nitrogen and oxygen atoms in total. The molecule has 17 heavy (non-hydrogen) atoms. The van der Waals surface area contributed by atoms with Crippen LogP contribution in [0.5, 0.6) is 0 Å². The number of benzene rings is 1. The van der Waals surface area contributed by atoms with Gasteiger partial charge in [0.1, 0.15) is 0 Å². The first-order valence-electron chi connectivity index (χ1n) is 6.28. The van der Waals surface area contributed by atoms with Gasteiger partial charge in [-0.25, -0.2) is 8.78 Å². The van der Waals surface area contributed by atoms with Crippen LogP contribution in [0.25, 0.3) is 0 Å². The number of alkyl halides is 2. The van der Waals surface area contributed by atoms with E-state index in [0.29, 0.717) is 19.4 Å². The van der Waals surface area contributed by atoms with Crippen molar-refractivity contribution in [3.8, 4) is 0 Å². The number of rotatable bonds is 5. The largest absolute Gasteiger partial charge is 0.330 e. The van der Waals surface area contributed by atoms with Crippen LogP contribution in [-0.2, 0) is 5.92 Å². The highest BCUT2D eigenvalue weighted by Gasteiger charge is 2.47. The van der Waals surface area contributed by atoms with E-state index in [9.17, 15) is 8.78 Å². The maximum atomic E-state index is 14.0. The van der Waals surface area contributed by atoms with Crippen LogP contribution in [0.15, 0.2) is 24.3 Å². The van der Waals surface area contributed by atoms with Gasteiger partial charge in [-0.3, -0.25) is 0 Å². The summed E-state index contributed by atoms with van der Waals surface area (Å²) >= 11 is 0. The zero-order valence-corrected chi connectivity index (χ0v) is 10.1. The smallest absolute Gasteiger partial charge is 0.276 e. The molecule has 1 aliphatic rings. The predicted octanol–water partition coefficient (Wildman–Crippen LogP) is 3.64. The Bertz CT molecular complexity index is 382. The molecule has 0 aliphatic heterocycles. The lowest BCUT2D eigenvalue weighted by Crippen LogP contribution is -2.17. The molecule has 1 aliphatic carbocycles. The standard InChI is InChI=1S/C14H19F2N/c1-2-10(9-17)11-4-3-5-13(8-11)14(15,16)12-6-7-12/h3-5,8,10,12H,2,6-7,9,17H2,1H3. The summed E-state index contributed by atoms with van der Waals surface area (Å²) < 4.78 is 27.9. The lowest BCUT2D eigenvalue weighted by molar-refractivity contribution is -0.0286. The highest BCUT2D eigenvalue weighted by Crippen LogP contribution is 2.49. The maximum absolute atomic E-state index is 14.0. The first kappa shape index (κ1) is 12.5. The molecule has 1 aromatic rings. The van der Waals surface area contributed by atoms with E-state index in [2.05, 4.69) is 0 Å². The molecule has 1 unspecified atom stereocenters. The summed E-state index contributed by atoms with van der Waals surface area (Å²) in [7, 11) is 0. The molecule has 1 saturated carbocycles. The SMILES string of the molecule is CCC(CN)c1cccc(C(F)(F)C2CC2)c1. The lowest BCUT2D eigenvalue weighted by Gasteiger charge is -2.19. The van der Waals surface area contributed by atoms with Gasteiger partial charge in [0.05, 0.1) is 0 Å².